The van der Waals surface area contributed by atoms with Gasteiger partial charge in [0.15, 0.2) is 36.1 Å². The van der Waals surface area contributed by atoms with Crippen molar-refractivity contribution in [3.8, 4) is 11.5 Å². The van der Waals surface area contributed by atoms with Gasteiger partial charge in [-0.3, -0.25) is 19.1 Å². The van der Waals surface area contributed by atoms with E-state index in [9.17, 15) is 24.1 Å². The highest BCUT2D eigenvalue weighted by molar-refractivity contribution is 14.1. The van der Waals surface area contributed by atoms with Gasteiger partial charge < -0.3 is 48.7 Å². The van der Waals surface area contributed by atoms with Crippen molar-refractivity contribution in [3.63, 3.8) is 0 Å². The third-order valence-corrected chi connectivity index (χ3v) is 16.8. The summed E-state index contributed by atoms with van der Waals surface area (Å²) in [5.41, 5.74) is 2.65. The van der Waals surface area contributed by atoms with Crippen LogP contribution in [0.4, 0.5) is 0 Å². The molecule has 0 radical (unpaired) electrons. The van der Waals surface area contributed by atoms with Crippen molar-refractivity contribution in [2.75, 3.05) is 77.7 Å². The molecule has 74 heavy (non-hydrogen) atoms. The van der Waals surface area contributed by atoms with Gasteiger partial charge in [0, 0.05) is 47.2 Å². The van der Waals surface area contributed by atoms with Crippen LogP contribution in [0, 0.1) is 0 Å². The van der Waals surface area contributed by atoms with Crippen LogP contribution in [-0.2, 0) is 63.5 Å². The maximum atomic E-state index is 14.6. The van der Waals surface area contributed by atoms with Gasteiger partial charge in [-0.25, -0.2) is 14.6 Å². The molecule has 5 atom stereocenters. The zero-order valence-corrected chi connectivity index (χ0v) is 45.9. The Balaban J connectivity index is 1.26. The first-order valence-corrected chi connectivity index (χ1v) is 29.4. The van der Waals surface area contributed by atoms with Gasteiger partial charge in [0.05, 0.1) is 45.2 Å². The van der Waals surface area contributed by atoms with Crippen LogP contribution >= 0.6 is 41.7 Å². The molecule has 22 heteroatoms. The van der Waals surface area contributed by atoms with E-state index in [1.807, 2.05) is 97.1 Å². The fourth-order valence-electron chi connectivity index (χ4n) is 8.25. The second kappa shape index (κ2) is 27.5. The van der Waals surface area contributed by atoms with Crippen LogP contribution in [0.2, 0.25) is 0 Å². The normalized spacial score (nSPS) is 18.8. The second-order valence-corrected chi connectivity index (χ2v) is 22.5. The fourth-order valence-corrected chi connectivity index (χ4v) is 12.7. The minimum absolute atomic E-state index is 0.0869. The maximum Gasteiger partial charge on any atom is 0.352 e. The third kappa shape index (κ3) is 13.8. The van der Waals surface area contributed by atoms with E-state index in [1.165, 1.54) is 23.3 Å². The van der Waals surface area contributed by atoms with Gasteiger partial charge in [-0.15, -0.1) is 11.8 Å². The van der Waals surface area contributed by atoms with E-state index in [4.69, 9.17) is 47.3 Å². The molecule has 3 aliphatic rings. The average Bonchev–Trinajstić information content (AvgIpc) is 3.78. The van der Waals surface area contributed by atoms with E-state index >= 15 is 0 Å². The Hall–Kier alpha value is -5.20. The van der Waals surface area contributed by atoms with Gasteiger partial charge in [-0.2, -0.15) is 0 Å². The van der Waals surface area contributed by atoms with Gasteiger partial charge in [0.25, 0.3) is 5.91 Å². The van der Waals surface area contributed by atoms with E-state index in [1.54, 1.807) is 50.8 Å². The van der Waals surface area contributed by atoms with Crippen molar-refractivity contribution >= 4 is 75.4 Å². The number of nitrogens with one attached hydrogen (secondary N) is 2. The van der Waals surface area contributed by atoms with Crippen molar-refractivity contribution in [2.45, 2.75) is 36.1 Å². The minimum atomic E-state index is -3.71. The van der Waals surface area contributed by atoms with Crippen LogP contribution in [0.3, 0.4) is 0 Å². The number of carbonyl (C=O) groups excluding carboxylic acids is 2. The van der Waals surface area contributed by atoms with E-state index in [2.05, 4.69) is 33.2 Å². The number of nitrogens with zero attached hydrogens (tertiary/aromatic N) is 3. The Kier molecular flexibility index (Phi) is 21.0. The number of fused-ring (bicyclic) bond motifs is 1. The van der Waals surface area contributed by atoms with Crippen molar-refractivity contribution in [3.05, 3.63) is 166 Å². The van der Waals surface area contributed by atoms with Gasteiger partial charge in [-0.1, -0.05) is 136 Å². The van der Waals surface area contributed by atoms with E-state index < -0.39 is 58.6 Å². The molecule has 4 aromatic carbocycles. The quantitative estimate of drug-likeness (QED) is 0.00713. The number of carbonyl (C=O) groups is 3. The number of amides is 2. The molecule has 3 heterocycles. The van der Waals surface area contributed by atoms with Gasteiger partial charge in [0.2, 0.25) is 13.3 Å². The average molecular weight is 1180 g/mol. The maximum absolute atomic E-state index is 14.6. The van der Waals surface area contributed by atoms with Crippen LogP contribution in [0.5, 0.6) is 11.5 Å². The number of hydrogen-bond acceptors (Lipinski definition) is 16. The topological polar surface area (TPSA) is 214 Å². The molecule has 0 saturated carbocycles. The standard InChI is InChI=1S/C52H59IN5O13PS2/c1-5-70-72(4,63)50(36-23-24-42(68-34-66-28-26-64-2)43(30-36)69-35-67-29-27-65-3)71-57-74-33-41(31-44(59)55-45-47(60)58-46(49(61)62)37(16-15-25-53)32-73-48(45)58)54-51(74)56-52(38-17-9-6-10-18-38,39-19-11-7-12-20-39)40-21-13-8-14-22-40/h6-24,30,33,45,48,50H,5,25-29,31-32,34-35H2,1-4H3,(H,54,56)(H,55,59)(H,61,62). The van der Waals surface area contributed by atoms with E-state index in [-0.39, 0.29) is 44.7 Å². The predicted molar refractivity (Wildman–Crippen MR) is 292 cm³/mol. The van der Waals surface area contributed by atoms with E-state index in [0.717, 1.165) is 16.7 Å². The van der Waals surface area contributed by atoms with Crippen molar-refractivity contribution in [1.29, 1.82) is 0 Å². The molecule has 18 nitrogen and oxygen atoms in total. The summed E-state index contributed by atoms with van der Waals surface area (Å²) in [6.45, 7) is 4.30. The smallest absolute Gasteiger partial charge is 0.352 e. The summed E-state index contributed by atoms with van der Waals surface area (Å²) >= 11 is 3.54. The molecular formula is C52H59IN5O13PS2. The number of amidine groups is 1. The zero-order valence-electron chi connectivity index (χ0n) is 41.3. The molecule has 5 unspecified atom stereocenters. The number of β-lactam (4-membered cyclic amide) rings is 1. The number of halogens is 1. The zero-order chi connectivity index (χ0) is 52.5. The van der Waals surface area contributed by atoms with Gasteiger partial charge in [0.1, 0.15) is 22.7 Å². The number of carboxylic acid groups (broad SMARTS) is 1. The lowest BCUT2D eigenvalue weighted by Crippen LogP contribution is -2.70. The van der Waals surface area contributed by atoms with Gasteiger partial charge >= 0.3 is 5.97 Å². The van der Waals surface area contributed by atoms with Crippen LogP contribution in [0.1, 0.15) is 41.4 Å². The Morgan fingerprint density at radius 1 is 0.919 bits per heavy atom. The summed E-state index contributed by atoms with van der Waals surface area (Å²) in [6, 6.07) is 33.5. The number of allylic oxidation sites excluding steroid dienone is 2. The Labute approximate surface area is 450 Å². The number of hydrogen-bond donors (Lipinski definition) is 3. The molecule has 0 aromatic heterocycles. The molecule has 4 aromatic rings. The Morgan fingerprint density at radius 2 is 1.51 bits per heavy atom. The molecule has 1 saturated heterocycles. The summed E-state index contributed by atoms with van der Waals surface area (Å²) in [6.07, 6.45) is 3.29. The monoisotopic (exact) mass is 1180 g/mol. The molecular weight excluding hydrogens is 1120 g/mol. The number of carboxylic acids is 1. The first-order valence-electron chi connectivity index (χ1n) is 23.5. The summed E-state index contributed by atoms with van der Waals surface area (Å²) < 4.78 is 59.3. The highest BCUT2D eigenvalue weighted by Crippen LogP contribution is 2.58. The molecule has 2 amide bonds. The van der Waals surface area contributed by atoms with Crippen LogP contribution in [0.25, 0.3) is 0 Å². The SMILES string of the molecule is CCOP(C)(=O)C(ON=S1C=C(CC(=O)NC2C(=O)N3C(C(=O)O)=C(C=CCI)CSC23)N=C1NC(c1ccccc1)(c1ccccc1)c1ccccc1)c1ccc(OCOCCOC)c(OCOCCOC)c1. The highest BCUT2D eigenvalue weighted by Gasteiger charge is 2.54. The van der Waals surface area contributed by atoms with Crippen LogP contribution < -0.4 is 20.1 Å². The summed E-state index contributed by atoms with van der Waals surface area (Å²) in [5.74, 6) is -2.63. The number of aliphatic carboxylic acids is 1. The summed E-state index contributed by atoms with van der Waals surface area (Å²) in [5, 5.41) is 18.2. The van der Waals surface area contributed by atoms with Gasteiger partial charge in [-0.05, 0) is 46.9 Å². The lowest BCUT2D eigenvalue weighted by atomic mass is 9.77. The number of aliphatic imine (C=N–C) groups is 1. The number of thioether (sulfide) groups is 1. The van der Waals surface area contributed by atoms with E-state index in [0.29, 0.717) is 57.8 Å². The third-order valence-electron chi connectivity index (χ3n) is 11.6. The molecule has 3 aliphatic heterocycles. The summed E-state index contributed by atoms with van der Waals surface area (Å²) in [4.78, 5) is 52.7. The molecule has 0 spiro atoms. The van der Waals surface area contributed by atoms with Crippen LogP contribution in [0.15, 0.2) is 153 Å². The molecule has 3 N–H and O–H groups in total. The summed E-state index contributed by atoms with van der Waals surface area (Å²) in [7, 11) is -1.99. The van der Waals surface area contributed by atoms with Crippen molar-refractivity contribution < 1.29 is 61.8 Å². The molecule has 7 rings (SSSR count). The lowest BCUT2D eigenvalue weighted by molar-refractivity contribution is -0.150. The number of methoxy groups -OCH3 is 2. The molecule has 0 aliphatic carbocycles. The largest absolute Gasteiger partial charge is 0.477 e. The minimum Gasteiger partial charge on any atom is -0.477 e. The second-order valence-electron chi connectivity index (χ2n) is 16.6. The highest BCUT2D eigenvalue weighted by atomic mass is 127. The number of ether oxygens (including phenoxy) is 6. The fraction of sp³-hybridized carbons (Fsp3) is 0.346. The predicted octanol–water partition coefficient (Wildman–Crippen LogP) is 8.27. The number of rotatable bonds is 28. The molecule has 394 valence electrons. The number of alkyl halides is 1. The lowest BCUT2D eigenvalue weighted by Gasteiger charge is -2.49. The first kappa shape index (κ1) is 56.5. The molecule has 1 fully saturated rings. The Bertz CT molecular complexity index is 2690. The van der Waals surface area contributed by atoms with Crippen LogP contribution in [-0.4, -0.2) is 122 Å². The number of benzene rings is 4. The first-order chi connectivity index (χ1) is 35.9. The Morgan fingerprint density at radius 3 is 2.07 bits per heavy atom. The van der Waals surface area contributed by atoms with Crippen molar-refractivity contribution in [2.24, 2.45) is 9.52 Å². The molecule has 0 bridgehead atoms. The van der Waals surface area contributed by atoms with Crippen molar-refractivity contribution in [1.82, 2.24) is 15.5 Å².